The molecular weight excluding hydrogens is 146 g/mol. The quantitative estimate of drug-likeness (QED) is 0.611. The molecule has 72 valence electrons. The highest BCUT2D eigenvalue weighted by Gasteiger charge is 2.14. The number of nitrogens with zero attached hydrogens (tertiary/aromatic N) is 1. The summed E-state index contributed by atoms with van der Waals surface area (Å²) >= 11 is 0. The summed E-state index contributed by atoms with van der Waals surface area (Å²) in [6, 6.07) is 0. The molecule has 1 nitrogen and oxygen atoms in total. The summed E-state index contributed by atoms with van der Waals surface area (Å²) < 4.78 is 0. The molecule has 1 saturated carbocycles. The molecule has 0 amide bonds. The fourth-order valence-electron chi connectivity index (χ4n) is 2.20. The van der Waals surface area contributed by atoms with Crippen molar-refractivity contribution >= 4 is 0 Å². The van der Waals surface area contributed by atoms with Crippen molar-refractivity contribution in [3.05, 3.63) is 0 Å². The third-order valence-electron chi connectivity index (χ3n) is 3.00. The average molecular weight is 169 g/mol. The topological polar surface area (TPSA) is 3.24 Å². The van der Waals surface area contributed by atoms with Crippen molar-refractivity contribution in [2.75, 3.05) is 20.1 Å². The molecule has 12 heavy (non-hydrogen) atoms. The average Bonchev–Trinajstić information content (AvgIpc) is 2.53. The SMILES string of the molecule is CCCN(C)CCC1CCCC1. The highest BCUT2D eigenvalue weighted by atomic mass is 15.1. The molecule has 0 aromatic rings. The van der Waals surface area contributed by atoms with Crippen molar-refractivity contribution < 1.29 is 0 Å². The Bertz CT molecular complexity index is 106. The second-order valence-corrected chi connectivity index (χ2v) is 4.24. The molecule has 0 aromatic heterocycles. The van der Waals surface area contributed by atoms with E-state index < -0.39 is 0 Å². The maximum Gasteiger partial charge on any atom is -0.00191 e. The van der Waals surface area contributed by atoms with E-state index >= 15 is 0 Å². The predicted octanol–water partition coefficient (Wildman–Crippen LogP) is 2.91. The van der Waals surface area contributed by atoms with Gasteiger partial charge in [-0.3, -0.25) is 0 Å². The zero-order valence-electron chi connectivity index (χ0n) is 8.68. The molecule has 0 radical (unpaired) electrons. The highest BCUT2D eigenvalue weighted by Crippen LogP contribution is 2.27. The molecule has 1 aliphatic carbocycles. The van der Waals surface area contributed by atoms with E-state index in [-0.39, 0.29) is 0 Å². The summed E-state index contributed by atoms with van der Waals surface area (Å²) in [5, 5.41) is 0. The van der Waals surface area contributed by atoms with E-state index in [1.807, 2.05) is 0 Å². The third-order valence-corrected chi connectivity index (χ3v) is 3.00. The molecule has 0 unspecified atom stereocenters. The normalized spacial score (nSPS) is 19.2. The van der Waals surface area contributed by atoms with E-state index in [1.54, 1.807) is 0 Å². The van der Waals surface area contributed by atoms with E-state index in [2.05, 4.69) is 18.9 Å². The van der Waals surface area contributed by atoms with Crippen LogP contribution in [0.1, 0.15) is 45.4 Å². The van der Waals surface area contributed by atoms with E-state index in [0.717, 1.165) is 5.92 Å². The molecule has 0 saturated heterocycles. The van der Waals surface area contributed by atoms with Crippen LogP contribution >= 0.6 is 0 Å². The van der Waals surface area contributed by atoms with Crippen LogP contribution in [0.2, 0.25) is 0 Å². The van der Waals surface area contributed by atoms with Gasteiger partial charge in [0.15, 0.2) is 0 Å². The Morgan fingerprint density at radius 1 is 1.17 bits per heavy atom. The molecule has 1 rings (SSSR count). The molecule has 0 heterocycles. The van der Waals surface area contributed by atoms with Gasteiger partial charge < -0.3 is 4.90 Å². The van der Waals surface area contributed by atoms with E-state index in [0.29, 0.717) is 0 Å². The molecule has 0 bridgehead atoms. The minimum atomic E-state index is 1.06. The monoisotopic (exact) mass is 169 g/mol. The molecule has 0 atom stereocenters. The molecule has 1 fully saturated rings. The van der Waals surface area contributed by atoms with Gasteiger partial charge in [0.1, 0.15) is 0 Å². The zero-order valence-corrected chi connectivity index (χ0v) is 8.68. The second kappa shape index (κ2) is 5.58. The standard InChI is InChI=1S/C11H23N/c1-3-9-12(2)10-8-11-6-4-5-7-11/h11H,3-10H2,1-2H3. The fourth-order valence-corrected chi connectivity index (χ4v) is 2.20. The van der Waals surface area contributed by atoms with Crippen molar-refractivity contribution in [1.29, 1.82) is 0 Å². The van der Waals surface area contributed by atoms with E-state index in [9.17, 15) is 0 Å². The molecular formula is C11H23N. The number of rotatable bonds is 5. The van der Waals surface area contributed by atoms with Crippen molar-refractivity contribution in [3.8, 4) is 0 Å². The Morgan fingerprint density at radius 3 is 2.42 bits per heavy atom. The van der Waals surface area contributed by atoms with Gasteiger partial charge in [-0.05, 0) is 38.9 Å². The van der Waals surface area contributed by atoms with Crippen LogP contribution in [0.3, 0.4) is 0 Å². The van der Waals surface area contributed by atoms with Crippen LogP contribution in [0.25, 0.3) is 0 Å². The van der Waals surface area contributed by atoms with Gasteiger partial charge >= 0.3 is 0 Å². The Kier molecular flexibility index (Phi) is 4.67. The first-order chi connectivity index (χ1) is 5.83. The Hall–Kier alpha value is -0.0400. The van der Waals surface area contributed by atoms with Crippen molar-refractivity contribution in [2.24, 2.45) is 5.92 Å². The van der Waals surface area contributed by atoms with Gasteiger partial charge in [0.05, 0.1) is 0 Å². The van der Waals surface area contributed by atoms with Gasteiger partial charge in [-0.15, -0.1) is 0 Å². The van der Waals surface area contributed by atoms with Crippen LogP contribution in [0.5, 0.6) is 0 Å². The van der Waals surface area contributed by atoms with E-state index in [4.69, 9.17) is 0 Å². The summed E-state index contributed by atoms with van der Waals surface area (Å²) in [7, 11) is 2.25. The number of hydrogen-bond acceptors (Lipinski definition) is 1. The lowest BCUT2D eigenvalue weighted by Gasteiger charge is -2.17. The van der Waals surface area contributed by atoms with Gasteiger partial charge in [-0.2, -0.15) is 0 Å². The summed E-state index contributed by atoms with van der Waals surface area (Å²) in [5.41, 5.74) is 0. The lowest BCUT2D eigenvalue weighted by molar-refractivity contribution is 0.301. The maximum absolute atomic E-state index is 2.47. The lowest BCUT2D eigenvalue weighted by atomic mass is 10.0. The summed E-state index contributed by atoms with van der Waals surface area (Å²) in [4.78, 5) is 2.47. The van der Waals surface area contributed by atoms with Crippen LogP contribution < -0.4 is 0 Å². The van der Waals surface area contributed by atoms with Gasteiger partial charge in [-0.1, -0.05) is 32.6 Å². The van der Waals surface area contributed by atoms with Gasteiger partial charge in [0.25, 0.3) is 0 Å². The second-order valence-electron chi connectivity index (χ2n) is 4.24. The van der Waals surface area contributed by atoms with Crippen LogP contribution in [0, 0.1) is 5.92 Å². The molecule has 1 heteroatoms. The number of hydrogen-bond donors (Lipinski definition) is 0. The highest BCUT2D eigenvalue weighted by molar-refractivity contribution is 4.68. The van der Waals surface area contributed by atoms with Crippen LogP contribution in [0.4, 0.5) is 0 Å². The third kappa shape index (κ3) is 3.57. The zero-order chi connectivity index (χ0) is 8.81. The molecule has 1 aliphatic rings. The maximum atomic E-state index is 2.47. The fraction of sp³-hybridized carbons (Fsp3) is 1.00. The predicted molar refractivity (Wildman–Crippen MR) is 54.4 cm³/mol. The van der Waals surface area contributed by atoms with Crippen molar-refractivity contribution in [1.82, 2.24) is 4.90 Å². The molecule has 0 aromatic carbocycles. The lowest BCUT2D eigenvalue weighted by Crippen LogP contribution is -2.21. The first-order valence-electron chi connectivity index (χ1n) is 5.51. The first-order valence-corrected chi connectivity index (χ1v) is 5.51. The Morgan fingerprint density at radius 2 is 1.83 bits per heavy atom. The van der Waals surface area contributed by atoms with Crippen LogP contribution in [-0.4, -0.2) is 25.0 Å². The molecule has 0 aliphatic heterocycles. The Labute approximate surface area is 77.1 Å². The largest absolute Gasteiger partial charge is 0.306 e. The van der Waals surface area contributed by atoms with Crippen molar-refractivity contribution in [2.45, 2.75) is 45.4 Å². The molecule has 0 spiro atoms. The van der Waals surface area contributed by atoms with E-state index in [1.165, 1.54) is 51.6 Å². The van der Waals surface area contributed by atoms with Crippen molar-refractivity contribution in [3.63, 3.8) is 0 Å². The minimum absolute atomic E-state index is 1.06. The van der Waals surface area contributed by atoms with Crippen LogP contribution in [-0.2, 0) is 0 Å². The van der Waals surface area contributed by atoms with Gasteiger partial charge in [0, 0.05) is 0 Å². The smallest absolute Gasteiger partial charge is 0.00191 e. The molecule has 0 N–H and O–H groups in total. The first kappa shape index (κ1) is 10.0. The van der Waals surface area contributed by atoms with Gasteiger partial charge in [-0.25, -0.2) is 0 Å². The van der Waals surface area contributed by atoms with Gasteiger partial charge in [0.2, 0.25) is 0 Å². The Balaban J connectivity index is 1.99. The van der Waals surface area contributed by atoms with Crippen LogP contribution in [0.15, 0.2) is 0 Å². The summed E-state index contributed by atoms with van der Waals surface area (Å²) in [6.07, 6.45) is 8.71. The summed E-state index contributed by atoms with van der Waals surface area (Å²) in [5.74, 6) is 1.06. The summed E-state index contributed by atoms with van der Waals surface area (Å²) in [6.45, 7) is 4.84. The minimum Gasteiger partial charge on any atom is -0.306 e.